The number of amides is 1. The van der Waals surface area contributed by atoms with Crippen LogP contribution < -0.4 is 10.9 Å². The molecule has 0 saturated heterocycles. The first-order valence-electron chi connectivity index (χ1n) is 9.12. The van der Waals surface area contributed by atoms with Gasteiger partial charge < -0.3 is 9.88 Å². The van der Waals surface area contributed by atoms with Crippen LogP contribution in [0.5, 0.6) is 0 Å². The summed E-state index contributed by atoms with van der Waals surface area (Å²) >= 11 is 0. The average molecular weight is 363 g/mol. The zero-order valence-corrected chi connectivity index (χ0v) is 16.5. The van der Waals surface area contributed by atoms with Gasteiger partial charge in [-0.05, 0) is 75.1 Å². The zero-order valence-electron chi connectivity index (χ0n) is 16.5. The number of rotatable bonds is 4. The van der Waals surface area contributed by atoms with Crippen molar-refractivity contribution in [1.82, 2.24) is 9.55 Å². The maximum atomic E-state index is 12.6. The van der Waals surface area contributed by atoms with Gasteiger partial charge in [0, 0.05) is 18.7 Å². The predicted molar refractivity (Wildman–Crippen MR) is 109 cm³/mol. The van der Waals surface area contributed by atoms with E-state index in [-0.39, 0.29) is 17.9 Å². The molecular formula is C22H25N3O2. The van der Waals surface area contributed by atoms with Crippen LogP contribution in [-0.4, -0.2) is 15.5 Å². The molecule has 0 fully saturated rings. The number of hydrogen-bond acceptors (Lipinski definition) is 3. The number of carbonyl (C=O) groups is 1. The SMILES string of the molecule is Cc1cc2nc(C)c(=O)n(CCC(=O)Nc3cccc(C)c3C)c2cc1C. The van der Waals surface area contributed by atoms with Crippen LogP contribution in [0.15, 0.2) is 35.1 Å². The van der Waals surface area contributed by atoms with E-state index in [1.54, 1.807) is 11.5 Å². The molecule has 5 heteroatoms. The van der Waals surface area contributed by atoms with E-state index >= 15 is 0 Å². The highest BCUT2D eigenvalue weighted by Gasteiger charge is 2.12. The van der Waals surface area contributed by atoms with Crippen molar-refractivity contribution in [1.29, 1.82) is 0 Å². The molecule has 0 aliphatic carbocycles. The summed E-state index contributed by atoms with van der Waals surface area (Å²) in [6.45, 7) is 10.1. The van der Waals surface area contributed by atoms with Gasteiger partial charge in [-0.1, -0.05) is 12.1 Å². The monoisotopic (exact) mass is 363 g/mol. The summed E-state index contributed by atoms with van der Waals surface area (Å²) in [6.07, 6.45) is 0.221. The Morgan fingerprint density at radius 1 is 1.04 bits per heavy atom. The lowest BCUT2D eigenvalue weighted by atomic mass is 10.1. The molecule has 0 radical (unpaired) electrons. The topological polar surface area (TPSA) is 64.0 Å². The van der Waals surface area contributed by atoms with Crippen molar-refractivity contribution in [3.8, 4) is 0 Å². The number of aromatic nitrogens is 2. The molecule has 0 bridgehead atoms. The minimum Gasteiger partial charge on any atom is -0.326 e. The maximum Gasteiger partial charge on any atom is 0.272 e. The molecule has 27 heavy (non-hydrogen) atoms. The van der Waals surface area contributed by atoms with Crippen LogP contribution >= 0.6 is 0 Å². The van der Waals surface area contributed by atoms with Crippen LogP contribution in [0.2, 0.25) is 0 Å². The number of hydrogen-bond donors (Lipinski definition) is 1. The van der Waals surface area contributed by atoms with Crippen molar-refractivity contribution in [2.24, 2.45) is 0 Å². The highest BCUT2D eigenvalue weighted by atomic mass is 16.2. The fraction of sp³-hybridized carbons (Fsp3) is 0.318. The van der Waals surface area contributed by atoms with Crippen LogP contribution in [0.25, 0.3) is 11.0 Å². The first-order chi connectivity index (χ1) is 12.8. The van der Waals surface area contributed by atoms with Gasteiger partial charge in [-0.2, -0.15) is 0 Å². The molecule has 5 nitrogen and oxygen atoms in total. The highest BCUT2D eigenvalue weighted by Crippen LogP contribution is 2.19. The summed E-state index contributed by atoms with van der Waals surface area (Å²) in [7, 11) is 0. The summed E-state index contributed by atoms with van der Waals surface area (Å²) in [6, 6.07) is 9.80. The zero-order chi connectivity index (χ0) is 19.7. The molecule has 0 atom stereocenters. The normalized spacial score (nSPS) is 11.0. The molecule has 3 rings (SSSR count). The van der Waals surface area contributed by atoms with Gasteiger partial charge in [0.25, 0.3) is 5.56 Å². The van der Waals surface area contributed by atoms with Crippen LogP contribution in [0.3, 0.4) is 0 Å². The van der Waals surface area contributed by atoms with E-state index in [1.165, 1.54) is 0 Å². The van der Waals surface area contributed by atoms with E-state index < -0.39 is 0 Å². The number of fused-ring (bicyclic) bond motifs is 1. The molecule has 3 aromatic rings. The molecule has 1 N–H and O–H groups in total. The van der Waals surface area contributed by atoms with Gasteiger partial charge in [-0.25, -0.2) is 4.98 Å². The molecule has 0 aliphatic heterocycles. The van der Waals surface area contributed by atoms with Crippen molar-refractivity contribution >= 4 is 22.6 Å². The quantitative estimate of drug-likeness (QED) is 0.763. The molecule has 0 aliphatic rings. The summed E-state index contributed by atoms with van der Waals surface area (Å²) in [5.74, 6) is -0.109. The van der Waals surface area contributed by atoms with Gasteiger partial charge in [0.15, 0.2) is 0 Å². The van der Waals surface area contributed by atoms with Crippen LogP contribution in [0.4, 0.5) is 5.69 Å². The molecule has 2 aromatic carbocycles. The Bertz CT molecular complexity index is 1100. The number of carbonyl (C=O) groups excluding carboxylic acids is 1. The molecular weight excluding hydrogens is 338 g/mol. The third-order valence-corrected chi connectivity index (χ3v) is 5.17. The van der Waals surface area contributed by atoms with Gasteiger partial charge in [-0.15, -0.1) is 0 Å². The summed E-state index contributed by atoms with van der Waals surface area (Å²) in [5.41, 5.74) is 7.08. The molecule has 0 unspecified atom stereocenters. The number of nitrogens with zero attached hydrogens (tertiary/aromatic N) is 2. The Kier molecular flexibility index (Phi) is 5.13. The second kappa shape index (κ2) is 7.35. The van der Waals surface area contributed by atoms with Crippen molar-refractivity contribution in [2.75, 3.05) is 5.32 Å². The van der Waals surface area contributed by atoms with Gasteiger partial charge in [0.05, 0.1) is 11.0 Å². The Labute approximate surface area is 159 Å². The van der Waals surface area contributed by atoms with Gasteiger partial charge >= 0.3 is 0 Å². The average Bonchev–Trinajstić information content (AvgIpc) is 2.61. The molecule has 0 saturated carbocycles. The Hall–Kier alpha value is -2.95. The first-order valence-corrected chi connectivity index (χ1v) is 9.12. The fourth-order valence-electron chi connectivity index (χ4n) is 3.16. The minimum atomic E-state index is -0.148. The predicted octanol–water partition coefficient (Wildman–Crippen LogP) is 3.97. The van der Waals surface area contributed by atoms with Gasteiger partial charge in [0.1, 0.15) is 5.69 Å². The fourth-order valence-corrected chi connectivity index (χ4v) is 3.16. The summed E-state index contributed by atoms with van der Waals surface area (Å²) < 4.78 is 1.66. The molecule has 140 valence electrons. The highest BCUT2D eigenvalue weighted by molar-refractivity contribution is 5.91. The Morgan fingerprint density at radius 3 is 2.48 bits per heavy atom. The van der Waals surface area contributed by atoms with E-state index in [0.717, 1.165) is 39.0 Å². The Morgan fingerprint density at radius 2 is 1.74 bits per heavy atom. The lowest BCUT2D eigenvalue weighted by Gasteiger charge is -2.14. The minimum absolute atomic E-state index is 0.109. The van der Waals surface area contributed by atoms with Crippen molar-refractivity contribution in [3.05, 3.63) is 68.6 Å². The largest absolute Gasteiger partial charge is 0.326 e. The third-order valence-electron chi connectivity index (χ3n) is 5.17. The van der Waals surface area contributed by atoms with Crippen molar-refractivity contribution < 1.29 is 4.79 Å². The molecule has 1 heterocycles. The first kappa shape index (κ1) is 18.8. The van der Waals surface area contributed by atoms with E-state index in [4.69, 9.17) is 0 Å². The van der Waals surface area contributed by atoms with Gasteiger partial charge in [-0.3, -0.25) is 9.59 Å². The lowest BCUT2D eigenvalue weighted by Crippen LogP contribution is -2.26. The van der Waals surface area contributed by atoms with E-state index in [9.17, 15) is 9.59 Å². The number of aryl methyl sites for hydroxylation is 5. The van der Waals surface area contributed by atoms with Crippen LogP contribution in [-0.2, 0) is 11.3 Å². The molecule has 0 spiro atoms. The van der Waals surface area contributed by atoms with E-state index in [2.05, 4.69) is 10.3 Å². The molecule has 1 aromatic heterocycles. The molecule has 1 amide bonds. The number of benzene rings is 2. The van der Waals surface area contributed by atoms with Crippen LogP contribution in [0, 0.1) is 34.6 Å². The number of anilines is 1. The van der Waals surface area contributed by atoms with Crippen molar-refractivity contribution in [2.45, 2.75) is 47.6 Å². The number of nitrogens with one attached hydrogen (secondary N) is 1. The summed E-state index contributed by atoms with van der Waals surface area (Å²) in [5, 5.41) is 2.95. The van der Waals surface area contributed by atoms with Gasteiger partial charge in [0.2, 0.25) is 5.91 Å². The third kappa shape index (κ3) is 3.77. The van der Waals surface area contributed by atoms with E-state index in [1.807, 2.05) is 58.0 Å². The maximum absolute atomic E-state index is 12.6. The second-order valence-corrected chi connectivity index (χ2v) is 7.12. The van der Waals surface area contributed by atoms with E-state index in [0.29, 0.717) is 12.2 Å². The second-order valence-electron chi connectivity index (χ2n) is 7.12. The Balaban J connectivity index is 1.87. The summed E-state index contributed by atoms with van der Waals surface area (Å²) in [4.78, 5) is 29.5. The lowest BCUT2D eigenvalue weighted by molar-refractivity contribution is -0.116. The van der Waals surface area contributed by atoms with Crippen LogP contribution in [0.1, 0.15) is 34.4 Å². The standard InChI is InChI=1S/C22H25N3O2/c1-13-7-6-8-18(16(13)4)24-21(26)9-10-25-20-12-15(3)14(2)11-19(20)23-17(5)22(25)27/h6-8,11-12H,9-10H2,1-5H3,(H,24,26). The van der Waals surface area contributed by atoms with Crippen molar-refractivity contribution in [3.63, 3.8) is 0 Å². The smallest absolute Gasteiger partial charge is 0.272 e.